The van der Waals surface area contributed by atoms with Gasteiger partial charge in [-0.15, -0.1) is 0 Å². The summed E-state index contributed by atoms with van der Waals surface area (Å²) in [4.78, 5) is 11.1. The molecule has 0 aromatic heterocycles. The van der Waals surface area contributed by atoms with Crippen LogP contribution in [0.2, 0.25) is 0 Å². The summed E-state index contributed by atoms with van der Waals surface area (Å²) < 4.78 is 10.4. The highest BCUT2D eigenvalue weighted by Crippen LogP contribution is 2.03. The van der Waals surface area contributed by atoms with Gasteiger partial charge in [-0.05, 0) is 6.42 Å². The van der Waals surface area contributed by atoms with Gasteiger partial charge in [0, 0.05) is 32.7 Å². The topological polar surface area (TPSA) is 128 Å². The van der Waals surface area contributed by atoms with Crippen molar-refractivity contribution in [2.75, 3.05) is 46.2 Å². The van der Waals surface area contributed by atoms with Crippen molar-refractivity contribution in [2.24, 2.45) is 5.92 Å². The van der Waals surface area contributed by atoms with Crippen molar-refractivity contribution in [3.8, 4) is 0 Å². The monoisotopic (exact) mass is 309 g/mol. The van der Waals surface area contributed by atoms with Gasteiger partial charge in [0.2, 0.25) is 5.91 Å². The predicted molar refractivity (Wildman–Crippen MR) is 74.6 cm³/mol. The highest BCUT2D eigenvalue weighted by atomic mass is 16.5. The van der Waals surface area contributed by atoms with Crippen LogP contribution in [0.25, 0.3) is 0 Å². The molecule has 0 aliphatic rings. The second-order valence-electron chi connectivity index (χ2n) is 4.77. The first-order valence-corrected chi connectivity index (χ1v) is 6.98. The number of ether oxygens (including phenoxy) is 2. The Balaban J connectivity index is 4.02. The largest absolute Gasteiger partial charge is 0.396 e. The van der Waals surface area contributed by atoms with Crippen LogP contribution in [0.1, 0.15) is 13.3 Å². The van der Waals surface area contributed by atoms with E-state index in [-0.39, 0.29) is 58.1 Å². The van der Waals surface area contributed by atoms with Gasteiger partial charge < -0.3 is 35.2 Å². The van der Waals surface area contributed by atoms with Gasteiger partial charge in [-0.2, -0.15) is 0 Å². The summed E-state index contributed by atoms with van der Waals surface area (Å²) in [7, 11) is 0. The van der Waals surface area contributed by atoms with Crippen LogP contribution in [0.5, 0.6) is 0 Å². The molecule has 21 heavy (non-hydrogen) atoms. The molecular weight excluding hydrogens is 282 g/mol. The van der Waals surface area contributed by atoms with Crippen LogP contribution in [0.4, 0.5) is 0 Å². The van der Waals surface area contributed by atoms with E-state index in [1.54, 1.807) is 0 Å². The minimum atomic E-state index is -0.950. The molecule has 0 aromatic carbocycles. The molecular formula is C13H27NO7. The van der Waals surface area contributed by atoms with E-state index in [0.29, 0.717) is 6.42 Å². The Morgan fingerprint density at radius 2 is 1.71 bits per heavy atom. The van der Waals surface area contributed by atoms with Gasteiger partial charge in [0.05, 0.1) is 38.6 Å². The number of hydrogen-bond acceptors (Lipinski definition) is 7. The van der Waals surface area contributed by atoms with Crippen LogP contribution < -0.4 is 5.32 Å². The third kappa shape index (κ3) is 10.6. The van der Waals surface area contributed by atoms with Gasteiger partial charge in [-0.25, -0.2) is 0 Å². The quantitative estimate of drug-likeness (QED) is 0.246. The van der Waals surface area contributed by atoms with Crippen molar-refractivity contribution in [2.45, 2.75) is 25.5 Å². The average molecular weight is 309 g/mol. The standard InChI is InChI=1S/C13H27NO7/c1-10(18)14-12(8-21-5-3-15)13(19)9-20-4-2-11(6-16)7-17/h11-13,15-17,19H,2-9H2,1H3,(H,14,18). The van der Waals surface area contributed by atoms with Gasteiger partial charge in [-0.3, -0.25) is 4.79 Å². The molecule has 8 heteroatoms. The smallest absolute Gasteiger partial charge is 0.217 e. The molecule has 0 saturated carbocycles. The molecule has 8 nitrogen and oxygen atoms in total. The maximum atomic E-state index is 11.1. The molecule has 126 valence electrons. The molecule has 0 spiro atoms. The van der Waals surface area contributed by atoms with E-state index in [2.05, 4.69) is 5.32 Å². The van der Waals surface area contributed by atoms with Gasteiger partial charge in [0.1, 0.15) is 0 Å². The van der Waals surface area contributed by atoms with E-state index >= 15 is 0 Å². The summed E-state index contributed by atoms with van der Waals surface area (Å²) in [5, 5.41) is 38.9. The SMILES string of the molecule is CC(=O)NC(COCCO)C(O)COCCC(CO)CO. The lowest BCUT2D eigenvalue weighted by molar-refractivity contribution is -0.121. The zero-order valence-electron chi connectivity index (χ0n) is 12.4. The Hall–Kier alpha value is -0.770. The number of rotatable bonds is 13. The van der Waals surface area contributed by atoms with E-state index in [1.807, 2.05) is 0 Å². The summed E-state index contributed by atoms with van der Waals surface area (Å²) in [6.07, 6.45) is -0.472. The highest BCUT2D eigenvalue weighted by Gasteiger charge is 2.20. The molecule has 0 fully saturated rings. The first-order valence-electron chi connectivity index (χ1n) is 6.98. The number of nitrogens with one attached hydrogen (secondary N) is 1. The fraction of sp³-hybridized carbons (Fsp3) is 0.923. The lowest BCUT2D eigenvalue weighted by Gasteiger charge is -2.23. The number of aliphatic hydroxyl groups excluding tert-OH is 4. The zero-order chi connectivity index (χ0) is 16.1. The van der Waals surface area contributed by atoms with E-state index in [1.165, 1.54) is 6.92 Å². The number of carbonyl (C=O) groups excluding carboxylic acids is 1. The third-order valence-corrected chi connectivity index (χ3v) is 2.86. The maximum Gasteiger partial charge on any atom is 0.217 e. The second kappa shape index (κ2) is 12.9. The maximum absolute atomic E-state index is 11.1. The molecule has 0 radical (unpaired) electrons. The van der Waals surface area contributed by atoms with Gasteiger partial charge in [0.25, 0.3) is 0 Å². The zero-order valence-corrected chi connectivity index (χ0v) is 12.4. The Bertz CT molecular complexity index is 261. The van der Waals surface area contributed by atoms with Gasteiger partial charge >= 0.3 is 0 Å². The van der Waals surface area contributed by atoms with Crippen LogP contribution in [-0.2, 0) is 14.3 Å². The molecule has 0 aliphatic heterocycles. The Kier molecular flexibility index (Phi) is 12.5. The minimum Gasteiger partial charge on any atom is -0.396 e. The molecule has 0 bridgehead atoms. The van der Waals surface area contributed by atoms with Crippen LogP contribution in [0.3, 0.4) is 0 Å². The Labute approximate surface area is 124 Å². The molecule has 0 aromatic rings. The summed E-state index contributed by atoms with van der Waals surface area (Å²) >= 11 is 0. The molecule has 5 N–H and O–H groups in total. The summed E-state index contributed by atoms with van der Waals surface area (Å²) in [5.41, 5.74) is 0. The van der Waals surface area contributed by atoms with Crippen molar-refractivity contribution < 1.29 is 34.7 Å². The number of carbonyl (C=O) groups is 1. The average Bonchev–Trinajstić information content (AvgIpc) is 2.46. The minimum absolute atomic E-state index is 0.00297. The third-order valence-electron chi connectivity index (χ3n) is 2.86. The van der Waals surface area contributed by atoms with Crippen LogP contribution >= 0.6 is 0 Å². The van der Waals surface area contributed by atoms with Crippen molar-refractivity contribution >= 4 is 5.91 Å². The lowest BCUT2D eigenvalue weighted by atomic mass is 10.1. The number of amides is 1. The molecule has 2 atom stereocenters. The first kappa shape index (κ1) is 20.2. The fourth-order valence-electron chi connectivity index (χ4n) is 1.60. The van der Waals surface area contributed by atoms with E-state index in [4.69, 9.17) is 24.8 Å². The molecule has 0 heterocycles. The Morgan fingerprint density at radius 3 is 2.24 bits per heavy atom. The fourth-order valence-corrected chi connectivity index (χ4v) is 1.60. The molecule has 0 saturated heterocycles. The van der Waals surface area contributed by atoms with Crippen molar-refractivity contribution in [1.82, 2.24) is 5.32 Å². The van der Waals surface area contributed by atoms with E-state index in [9.17, 15) is 9.90 Å². The second-order valence-corrected chi connectivity index (χ2v) is 4.77. The molecule has 0 aliphatic carbocycles. The molecule has 1 amide bonds. The Morgan fingerprint density at radius 1 is 1.10 bits per heavy atom. The highest BCUT2D eigenvalue weighted by molar-refractivity contribution is 5.73. The normalized spacial score (nSPS) is 14.2. The molecule has 0 rings (SSSR count). The summed E-state index contributed by atoms with van der Waals surface area (Å²) in [5.74, 6) is -0.534. The van der Waals surface area contributed by atoms with Crippen LogP contribution in [-0.4, -0.2) is 84.7 Å². The number of hydrogen-bond donors (Lipinski definition) is 5. The van der Waals surface area contributed by atoms with Crippen LogP contribution in [0, 0.1) is 5.92 Å². The summed E-state index contributed by atoms with van der Waals surface area (Å²) in [6.45, 7) is 1.43. The number of aliphatic hydroxyl groups is 4. The summed E-state index contributed by atoms with van der Waals surface area (Å²) in [6, 6.07) is -0.625. The van der Waals surface area contributed by atoms with Crippen LogP contribution in [0.15, 0.2) is 0 Å². The van der Waals surface area contributed by atoms with Gasteiger partial charge in [0.15, 0.2) is 0 Å². The van der Waals surface area contributed by atoms with Gasteiger partial charge in [-0.1, -0.05) is 0 Å². The predicted octanol–water partition coefficient (Wildman–Crippen LogP) is -2.13. The van der Waals surface area contributed by atoms with Crippen molar-refractivity contribution in [1.29, 1.82) is 0 Å². The van der Waals surface area contributed by atoms with E-state index < -0.39 is 12.1 Å². The first-order chi connectivity index (χ1) is 10.0. The van der Waals surface area contributed by atoms with E-state index in [0.717, 1.165) is 0 Å². The van der Waals surface area contributed by atoms with Crippen molar-refractivity contribution in [3.05, 3.63) is 0 Å². The molecule has 2 unspecified atom stereocenters. The lowest BCUT2D eigenvalue weighted by Crippen LogP contribution is -2.47. The van der Waals surface area contributed by atoms with Crippen molar-refractivity contribution in [3.63, 3.8) is 0 Å².